The van der Waals surface area contributed by atoms with Crippen molar-refractivity contribution in [1.29, 1.82) is 0 Å². The minimum absolute atomic E-state index is 0.281. The van der Waals surface area contributed by atoms with Crippen LogP contribution in [0.15, 0.2) is 12.1 Å². The van der Waals surface area contributed by atoms with Gasteiger partial charge in [0.05, 0.1) is 5.69 Å². The molecule has 0 unspecified atom stereocenters. The van der Waals surface area contributed by atoms with Crippen molar-refractivity contribution in [2.45, 2.75) is 39.2 Å². The highest BCUT2D eigenvalue weighted by molar-refractivity contribution is 5.28. The first kappa shape index (κ1) is 15.9. The van der Waals surface area contributed by atoms with Crippen LogP contribution in [0.1, 0.15) is 44.0 Å². The summed E-state index contributed by atoms with van der Waals surface area (Å²) in [5.74, 6) is 0.680. The van der Waals surface area contributed by atoms with Crippen LogP contribution in [0.2, 0.25) is 0 Å². The molecule has 1 aromatic rings. The van der Waals surface area contributed by atoms with Crippen LogP contribution in [0.3, 0.4) is 0 Å². The first-order valence-electron chi connectivity index (χ1n) is 6.92. The Bertz CT molecular complexity index is 367. The summed E-state index contributed by atoms with van der Waals surface area (Å²) in [6.07, 6.45) is 2.56. The van der Waals surface area contributed by atoms with Crippen LogP contribution in [0, 0.1) is 0 Å². The van der Waals surface area contributed by atoms with Gasteiger partial charge in [-0.15, -0.1) is 0 Å². The van der Waals surface area contributed by atoms with Gasteiger partial charge in [0.15, 0.2) is 0 Å². The van der Waals surface area contributed by atoms with E-state index in [1.165, 1.54) is 12.8 Å². The molecule has 1 aromatic heterocycles. The molecule has 2 heterocycles. The fourth-order valence-corrected chi connectivity index (χ4v) is 1.76. The largest absolute Gasteiger partial charge is 0.506 e. The van der Waals surface area contributed by atoms with E-state index < -0.39 is 0 Å². The second-order valence-electron chi connectivity index (χ2n) is 5.41. The lowest BCUT2D eigenvalue weighted by Gasteiger charge is -2.12. The third-order valence-corrected chi connectivity index (χ3v) is 2.86. The highest BCUT2D eigenvalue weighted by Crippen LogP contribution is 2.20. The highest BCUT2D eigenvalue weighted by Gasteiger charge is 2.07. The fraction of sp³-hybridized carbons (Fsp3) is 0.667. The smallest absolute Gasteiger partial charge is 0.138 e. The zero-order valence-corrected chi connectivity index (χ0v) is 12.5. The molecule has 2 rings (SSSR count). The van der Waals surface area contributed by atoms with Crippen LogP contribution in [0.25, 0.3) is 0 Å². The Morgan fingerprint density at radius 3 is 2.32 bits per heavy atom. The molecule has 0 bridgehead atoms. The number of aromatic nitrogens is 1. The lowest BCUT2D eigenvalue weighted by atomic mass is 10.1. The van der Waals surface area contributed by atoms with E-state index in [0.29, 0.717) is 12.5 Å². The van der Waals surface area contributed by atoms with Crippen molar-refractivity contribution in [2.75, 3.05) is 27.3 Å². The molecule has 0 radical (unpaired) electrons. The van der Waals surface area contributed by atoms with Crippen LogP contribution < -0.4 is 0 Å². The van der Waals surface area contributed by atoms with Gasteiger partial charge in [-0.3, -0.25) is 4.98 Å². The van der Waals surface area contributed by atoms with Gasteiger partial charge in [-0.25, -0.2) is 0 Å². The maximum atomic E-state index is 9.58. The summed E-state index contributed by atoms with van der Waals surface area (Å²) in [4.78, 5) is 6.41. The molecular formula is C15H26N2O2. The number of rotatable bonds is 3. The molecule has 0 aliphatic carbocycles. The SMILES string of the molecule is C1CCOC1.CC(C)c1ccc(O)c(CN(C)C)n1. The number of aromatic hydroxyl groups is 1. The van der Waals surface area contributed by atoms with Crippen LogP contribution in [0.4, 0.5) is 0 Å². The average Bonchev–Trinajstić information content (AvgIpc) is 2.90. The summed E-state index contributed by atoms with van der Waals surface area (Å²) < 4.78 is 4.94. The Kier molecular flexibility index (Phi) is 6.81. The molecule has 1 aliphatic rings. The molecule has 0 atom stereocenters. The molecule has 19 heavy (non-hydrogen) atoms. The minimum atomic E-state index is 0.281. The Morgan fingerprint density at radius 2 is 1.89 bits per heavy atom. The van der Waals surface area contributed by atoms with Gasteiger partial charge in [0.25, 0.3) is 0 Å². The molecule has 4 nitrogen and oxygen atoms in total. The first-order valence-corrected chi connectivity index (χ1v) is 6.92. The molecule has 1 fully saturated rings. The van der Waals surface area contributed by atoms with E-state index in [2.05, 4.69) is 18.8 Å². The second kappa shape index (κ2) is 8.12. The fourth-order valence-electron chi connectivity index (χ4n) is 1.76. The predicted molar refractivity (Wildman–Crippen MR) is 77.4 cm³/mol. The van der Waals surface area contributed by atoms with Crippen molar-refractivity contribution in [2.24, 2.45) is 0 Å². The third-order valence-electron chi connectivity index (χ3n) is 2.86. The van der Waals surface area contributed by atoms with Crippen LogP contribution in [-0.2, 0) is 11.3 Å². The maximum absolute atomic E-state index is 9.58. The summed E-state index contributed by atoms with van der Waals surface area (Å²) in [6.45, 7) is 6.87. The van der Waals surface area contributed by atoms with Crippen molar-refractivity contribution < 1.29 is 9.84 Å². The molecule has 1 saturated heterocycles. The van der Waals surface area contributed by atoms with Gasteiger partial charge in [-0.1, -0.05) is 13.8 Å². The summed E-state index contributed by atoms with van der Waals surface area (Å²) in [5, 5.41) is 9.58. The third kappa shape index (κ3) is 6.03. The van der Waals surface area contributed by atoms with Gasteiger partial charge in [0.1, 0.15) is 5.75 Å². The minimum Gasteiger partial charge on any atom is -0.506 e. The van der Waals surface area contributed by atoms with Crippen molar-refractivity contribution >= 4 is 0 Å². The monoisotopic (exact) mass is 266 g/mol. The van der Waals surface area contributed by atoms with Gasteiger partial charge in [-0.05, 0) is 45.0 Å². The van der Waals surface area contributed by atoms with Crippen molar-refractivity contribution in [3.8, 4) is 5.75 Å². The van der Waals surface area contributed by atoms with Gasteiger partial charge >= 0.3 is 0 Å². The topological polar surface area (TPSA) is 45.6 Å². The highest BCUT2D eigenvalue weighted by atomic mass is 16.5. The molecule has 0 saturated carbocycles. The Labute approximate surface area is 116 Å². The number of hydrogen-bond acceptors (Lipinski definition) is 4. The molecule has 0 amide bonds. The standard InChI is InChI=1S/C11H18N2O.C4H8O/c1-8(2)9-5-6-11(14)10(12-9)7-13(3)4;1-2-4-5-3-1/h5-6,8,14H,7H2,1-4H3;1-4H2. The van der Waals surface area contributed by atoms with Gasteiger partial charge in [0.2, 0.25) is 0 Å². The van der Waals surface area contributed by atoms with E-state index >= 15 is 0 Å². The number of nitrogens with zero attached hydrogens (tertiary/aromatic N) is 2. The Balaban J connectivity index is 0.000000300. The molecular weight excluding hydrogens is 240 g/mol. The molecule has 1 N–H and O–H groups in total. The quantitative estimate of drug-likeness (QED) is 0.913. The molecule has 4 heteroatoms. The van der Waals surface area contributed by atoms with Crippen LogP contribution in [0.5, 0.6) is 5.75 Å². The van der Waals surface area contributed by atoms with E-state index in [1.54, 1.807) is 6.07 Å². The number of hydrogen-bond donors (Lipinski definition) is 1. The molecule has 108 valence electrons. The van der Waals surface area contributed by atoms with Gasteiger partial charge in [-0.2, -0.15) is 0 Å². The Hall–Kier alpha value is -1.13. The number of ether oxygens (including phenoxy) is 1. The van der Waals surface area contributed by atoms with E-state index in [4.69, 9.17) is 4.74 Å². The zero-order chi connectivity index (χ0) is 14.3. The van der Waals surface area contributed by atoms with Crippen LogP contribution >= 0.6 is 0 Å². The van der Waals surface area contributed by atoms with Crippen LogP contribution in [-0.4, -0.2) is 42.3 Å². The van der Waals surface area contributed by atoms with E-state index in [1.807, 2.05) is 25.1 Å². The van der Waals surface area contributed by atoms with Crippen molar-refractivity contribution in [1.82, 2.24) is 9.88 Å². The molecule has 0 aromatic carbocycles. The van der Waals surface area contributed by atoms with Gasteiger partial charge in [0, 0.05) is 25.5 Å². The molecule has 0 spiro atoms. The Morgan fingerprint density at radius 1 is 1.26 bits per heavy atom. The normalized spacial score (nSPS) is 14.6. The summed E-state index contributed by atoms with van der Waals surface area (Å²) >= 11 is 0. The van der Waals surface area contributed by atoms with Crippen molar-refractivity contribution in [3.05, 3.63) is 23.5 Å². The van der Waals surface area contributed by atoms with E-state index in [-0.39, 0.29) is 5.75 Å². The van der Waals surface area contributed by atoms with E-state index in [0.717, 1.165) is 24.6 Å². The molecule has 1 aliphatic heterocycles. The summed E-state index contributed by atoms with van der Waals surface area (Å²) in [5.41, 5.74) is 1.78. The second-order valence-corrected chi connectivity index (χ2v) is 5.41. The van der Waals surface area contributed by atoms with E-state index in [9.17, 15) is 5.11 Å². The van der Waals surface area contributed by atoms with Gasteiger partial charge < -0.3 is 14.7 Å². The summed E-state index contributed by atoms with van der Waals surface area (Å²) in [6, 6.07) is 3.60. The zero-order valence-electron chi connectivity index (χ0n) is 12.5. The predicted octanol–water partition coefficient (Wildman–Crippen LogP) is 2.77. The summed E-state index contributed by atoms with van der Waals surface area (Å²) in [7, 11) is 3.92. The average molecular weight is 266 g/mol. The first-order chi connectivity index (χ1) is 9.00. The maximum Gasteiger partial charge on any atom is 0.138 e. The lowest BCUT2D eigenvalue weighted by Crippen LogP contribution is -2.12. The van der Waals surface area contributed by atoms with Crippen molar-refractivity contribution in [3.63, 3.8) is 0 Å². The number of pyridine rings is 1. The lowest BCUT2D eigenvalue weighted by molar-refractivity contribution is 0.198.